The number of carbonyl (C=O) groups excluding carboxylic acids is 1. The summed E-state index contributed by atoms with van der Waals surface area (Å²) >= 11 is 0. The molecule has 1 aliphatic rings. The van der Waals surface area contributed by atoms with E-state index in [1.54, 1.807) is 0 Å². The van der Waals surface area contributed by atoms with Crippen LogP contribution in [-0.2, 0) is 4.79 Å². The molecule has 0 radical (unpaired) electrons. The highest BCUT2D eigenvalue weighted by Crippen LogP contribution is 2.34. The molecule has 0 N–H and O–H groups in total. The second kappa shape index (κ2) is 7.38. The summed E-state index contributed by atoms with van der Waals surface area (Å²) < 4.78 is 37.9. The molecule has 8 heteroatoms. The SMILES string of the molecule is CCOc1ccccc1-c1nc(C2CC(=O)N(c3cc(F)cc(F)c3)C2)no1. The Morgan fingerprint density at radius 2 is 1.96 bits per heavy atom. The Labute approximate surface area is 159 Å². The highest BCUT2D eigenvalue weighted by molar-refractivity contribution is 5.96. The number of anilines is 1. The van der Waals surface area contributed by atoms with E-state index in [0.717, 1.165) is 18.2 Å². The summed E-state index contributed by atoms with van der Waals surface area (Å²) in [5.74, 6) is -0.775. The van der Waals surface area contributed by atoms with Crippen LogP contribution in [0.2, 0.25) is 0 Å². The van der Waals surface area contributed by atoms with Gasteiger partial charge >= 0.3 is 0 Å². The van der Waals surface area contributed by atoms with Gasteiger partial charge in [-0.05, 0) is 31.2 Å². The fourth-order valence-electron chi connectivity index (χ4n) is 3.26. The zero-order valence-corrected chi connectivity index (χ0v) is 15.1. The average Bonchev–Trinajstić information content (AvgIpc) is 3.28. The van der Waals surface area contributed by atoms with E-state index in [1.807, 2.05) is 31.2 Å². The number of rotatable bonds is 5. The molecule has 1 aliphatic heterocycles. The predicted molar refractivity (Wildman–Crippen MR) is 97.0 cm³/mol. The number of hydrogen-bond donors (Lipinski definition) is 0. The Morgan fingerprint density at radius 3 is 2.71 bits per heavy atom. The predicted octanol–water partition coefficient (Wildman–Crippen LogP) is 3.93. The number of benzene rings is 2. The molecule has 1 aromatic heterocycles. The molecule has 0 aliphatic carbocycles. The highest BCUT2D eigenvalue weighted by Gasteiger charge is 2.35. The van der Waals surface area contributed by atoms with E-state index in [0.29, 0.717) is 29.6 Å². The van der Waals surface area contributed by atoms with Gasteiger partial charge in [0, 0.05) is 30.6 Å². The van der Waals surface area contributed by atoms with Crippen LogP contribution in [0.4, 0.5) is 14.5 Å². The number of hydrogen-bond acceptors (Lipinski definition) is 5. The van der Waals surface area contributed by atoms with E-state index < -0.39 is 11.6 Å². The lowest BCUT2D eigenvalue weighted by molar-refractivity contribution is -0.117. The van der Waals surface area contributed by atoms with Gasteiger partial charge in [0.15, 0.2) is 5.82 Å². The standard InChI is InChI=1S/C20H17F2N3O3/c1-2-27-17-6-4-3-5-16(17)20-23-19(24-28-20)12-7-18(26)25(11-12)15-9-13(21)8-14(22)10-15/h3-6,8-10,12H,2,7,11H2,1H3. The van der Waals surface area contributed by atoms with Crippen LogP contribution in [0, 0.1) is 11.6 Å². The minimum atomic E-state index is -0.736. The summed E-state index contributed by atoms with van der Waals surface area (Å²) in [7, 11) is 0. The first-order chi connectivity index (χ1) is 13.5. The van der Waals surface area contributed by atoms with Crippen LogP contribution in [-0.4, -0.2) is 29.2 Å². The summed E-state index contributed by atoms with van der Waals surface area (Å²) in [5.41, 5.74) is 0.840. The zero-order chi connectivity index (χ0) is 19.7. The summed E-state index contributed by atoms with van der Waals surface area (Å²) in [5, 5.41) is 4.00. The molecule has 0 spiro atoms. The molecule has 0 saturated carbocycles. The van der Waals surface area contributed by atoms with Crippen molar-refractivity contribution in [3.05, 3.63) is 59.9 Å². The molecule has 4 rings (SSSR count). The maximum Gasteiger partial charge on any atom is 0.261 e. The van der Waals surface area contributed by atoms with Crippen molar-refractivity contribution in [2.24, 2.45) is 0 Å². The van der Waals surface area contributed by atoms with E-state index in [1.165, 1.54) is 4.90 Å². The normalized spacial score (nSPS) is 16.6. The maximum absolute atomic E-state index is 13.5. The van der Waals surface area contributed by atoms with Gasteiger partial charge < -0.3 is 14.2 Å². The summed E-state index contributed by atoms with van der Waals surface area (Å²) in [6, 6.07) is 10.3. The number of aromatic nitrogens is 2. The minimum Gasteiger partial charge on any atom is -0.493 e. The van der Waals surface area contributed by atoms with Crippen molar-refractivity contribution < 1.29 is 22.8 Å². The Hall–Kier alpha value is -3.29. The van der Waals surface area contributed by atoms with Crippen LogP contribution >= 0.6 is 0 Å². The van der Waals surface area contributed by atoms with Crippen LogP contribution in [0.25, 0.3) is 11.5 Å². The number of ether oxygens (including phenoxy) is 1. The number of para-hydroxylation sites is 1. The summed E-state index contributed by atoms with van der Waals surface area (Å²) in [6.45, 7) is 2.59. The second-order valence-electron chi connectivity index (χ2n) is 6.42. The van der Waals surface area contributed by atoms with E-state index in [2.05, 4.69) is 10.1 Å². The molecule has 1 fully saturated rings. The summed E-state index contributed by atoms with van der Waals surface area (Å²) in [4.78, 5) is 18.1. The van der Waals surface area contributed by atoms with Crippen LogP contribution in [0.3, 0.4) is 0 Å². The summed E-state index contributed by atoms with van der Waals surface area (Å²) in [6.07, 6.45) is 0.129. The molecule has 2 heterocycles. The van der Waals surface area contributed by atoms with Gasteiger partial charge in [0.25, 0.3) is 5.89 Å². The van der Waals surface area contributed by atoms with E-state index in [9.17, 15) is 13.6 Å². The number of amides is 1. The quantitative estimate of drug-likeness (QED) is 0.666. The van der Waals surface area contributed by atoms with Gasteiger partial charge in [-0.15, -0.1) is 0 Å². The molecular formula is C20H17F2N3O3. The van der Waals surface area contributed by atoms with Crippen LogP contribution < -0.4 is 9.64 Å². The first-order valence-electron chi connectivity index (χ1n) is 8.87. The molecule has 3 aromatic rings. The lowest BCUT2D eigenvalue weighted by Crippen LogP contribution is -2.24. The molecule has 6 nitrogen and oxygen atoms in total. The third-order valence-electron chi connectivity index (χ3n) is 4.51. The van der Waals surface area contributed by atoms with Crippen molar-refractivity contribution in [3.8, 4) is 17.2 Å². The van der Waals surface area contributed by atoms with Crippen LogP contribution in [0.15, 0.2) is 47.0 Å². The van der Waals surface area contributed by atoms with Gasteiger partial charge in [0.1, 0.15) is 17.4 Å². The Kier molecular flexibility index (Phi) is 4.77. The molecule has 1 unspecified atom stereocenters. The average molecular weight is 385 g/mol. The molecular weight excluding hydrogens is 368 g/mol. The Balaban J connectivity index is 1.58. The van der Waals surface area contributed by atoms with Gasteiger partial charge in [-0.1, -0.05) is 17.3 Å². The third kappa shape index (κ3) is 3.45. The smallest absolute Gasteiger partial charge is 0.261 e. The van der Waals surface area contributed by atoms with Crippen molar-refractivity contribution >= 4 is 11.6 Å². The van der Waals surface area contributed by atoms with Crippen molar-refractivity contribution in [1.82, 2.24) is 10.1 Å². The van der Waals surface area contributed by atoms with E-state index >= 15 is 0 Å². The minimum absolute atomic E-state index is 0.129. The second-order valence-corrected chi connectivity index (χ2v) is 6.42. The molecule has 1 atom stereocenters. The van der Waals surface area contributed by atoms with Crippen molar-refractivity contribution in [2.45, 2.75) is 19.3 Å². The van der Waals surface area contributed by atoms with Gasteiger partial charge in [-0.2, -0.15) is 4.98 Å². The fraction of sp³-hybridized carbons (Fsp3) is 0.250. The zero-order valence-electron chi connectivity index (χ0n) is 15.1. The van der Waals surface area contributed by atoms with Crippen LogP contribution in [0.1, 0.15) is 25.1 Å². The largest absolute Gasteiger partial charge is 0.493 e. The maximum atomic E-state index is 13.5. The number of halogens is 2. The molecule has 2 aromatic carbocycles. The Bertz CT molecular complexity index is 1000. The first kappa shape index (κ1) is 18.1. The molecule has 28 heavy (non-hydrogen) atoms. The Morgan fingerprint density at radius 1 is 1.21 bits per heavy atom. The molecule has 0 bridgehead atoms. The third-order valence-corrected chi connectivity index (χ3v) is 4.51. The number of carbonyl (C=O) groups is 1. The highest BCUT2D eigenvalue weighted by atomic mass is 19.1. The first-order valence-corrected chi connectivity index (χ1v) is 8.87. The fourth-order valence-corrected chi connectivity index (χ4v) is 3.26. The monoisotopic (exact) mass is 385 g/mol. The lowest BCUT2D eigenvalue weighted by Gasteiger charge is -2.16. The van der Waals surface area contributed by atoms with Gasteiger partial charge in [-0.25, -0.2) is 8.78 Å². The lowest BCUT2D eigenvalue weighted by atomic mass is 10.1. The number of nitrogens with zero attached hydrogens (tertiary/aromatic N) is 3. The van der Waals surface area contributed by atoms with Gasteiger partial charge in [0.2, 0.25) is 5.91 Å². The van der Waals surface area contributed by atoms with Gasteiger partial charge in [0.05, 0.1) is 12.2 Å². The van der Waals surface area contributed by atoms with Crippen molar-refractivity contribution in [3.63, 3.8) is 0 Å². The van der Waals surface area contributed by atoms with Crippen LogP contribution in [0.5, 0.6) is 5.75 Å². The van der Waals surface area contributed by atoms with Gasteiger partial charge in [-0.3, -0.25) is 4.79 Å². The van der Waals surface area contributed by atoms with E-state index in [-0.39, 0.29) is 30.5 Å². The molecule has 1 saturated heterocycles. The van der Waals surface area contributed by atoms with Crippen molar-refractivity contribution in [1.29, 1.82) is 0 Å². The topological polar surface area (TPSA) is 68.5 Å². The molecule has 1 amide bonds. The van der Waals surface area contributed by atoms with E-state index in [4.69, 9.17) is 9.26 Å². The van der Waals surface area contributed by atoms with Crippen molar-refractivity contribution in [2.75, 3.05) is 18.1 Å². The molecule has 144 valence electrons.